The smallest absolute Gasteiger partial charge is 0.338 e. The van der Waals surface area contributed by atoms with Gasteiger partial charge in [-0.2, -0.15) is 0 Å². The number of carbonyl (C=O) groups is 2. The van der Waals surface area contributed by atoms with Crippen LogP contribution in [0.5, 0.6) is 0 Å². The number of carbonyl (C=O) groups excluding carboxylic acids is 2. The topological polar surface area (TPSA) is 72.8 Å². The number of fused-ring (bicyclic) bond motifs is 5. The molecule has 0 unspecified atom stereocenters. The molecule has 6 rings (SSSR count). The second-order valence-electron chi connectivity index (χ2n) is 13.7. The molecule has 1 N–H and O–H groups in total. The van der Waals surface area contributed by atoms with Gasteiger partial charge in [0, 0.05) is 5.41 Å². The minimum atomic E-state index is -1.02. The first-order valence-corrected chi connectivity index (χ1v) is 15.4. The number of hydrogen-bond acceptors (Lipinski definition) is 5. The minimum Gasteiger partial charge on any atom is -0.459 e. The van der Waals surface area contributed by atoms with Crippen molar-refractivity contribution in [3.8, 4) is 0 Å². The summed E-state index contributed by atoms with van der Waals surface area (Å²) in [5.41, 5.74) is 0.109. The minimum absolute atomic E-state index is 0.00657. The molecular weight excluding hydrogens is 500 g/mol. The van der Waals surface area contributed by atoms with Crippen LogP contribution >= 0.6 is 0 Å². The number of rotatable bonds is 5. The number of aliphatic hydroxyl groups is 1. The van der Waals surface area contributed by atoms with Gasteiger partial charge in [-0.15, -0.1) is 0 Å². The molecule has 5 nitrogen and oxygen atoms in total. The maximum Gasteiger partial charge on any atom is 0.338 e. The Morgan fingerprint density at radius 3 is 2.10 bits per heavy atom. The molecule has 9 atom stereocenters. The van der Waals surface area contributed by atoms with Crippen molar-refractivity contribution in [3.05, 3.63) is 71.8 Å². The summed E-state index contributed by atoms with van der Waals surface area (Å²) in [6.45, 7) is 6.65. The fraction of sp³-hybridized carbons (Fsp3) is 0.600. The standard InChI is InChI=1S/C35H44O5/c1-23(39-31(36)24-10-6-4-7-11-24)35(38)21-18-30-28-15-14-26-22-27(40-32(37)25-12-8-5-9-13-25)16-19-33(26,2)29(28)17-20-34(30,35)3/h4-13,23,26-30,38H,14-22H2,1-3H3/t23-,26+,27+,28-,29+,30+,33+,34+,35-/m1/s1. The summed E-state index contributed by atoms with van der Waals surface area (Å²) < 4.78 is 11.9. The third-order valence-corrected chi connectivity index (χ3v) is 12.1. The third kappa shape index (κ3) is 4.40. The highest BCUT2D eigenvalue weighted by Gasteiger charge is 2.66. The van der Waals surface area contributed by atoms with Gasteiger partial charge in [-0.25, -0.2) is 9.59 Å². The van der Waals surface area contributed by atoms with Gasteiger partial charge in [0.2, 0.25) is 0 Å². The van der Waals surface area contributed by atoms with E-state index in [0.717, 1.165) is 44.9 Å². The van der Waals surface area contributed by atoms with E-state index >= 15 is 0 Å². The molecule has 214 valence electrons. The molecule has 0 radical (unpaired) electrons. The largest absolute Gasteiger partial charge is 0.459 e. The number of ether oxygens (including phenoxy) is 2. The van der Waals surface area contributed by atoms with Crippen LogP contribution < -0.4 is 0 Å². The molecule has 0 aromatic heterocycles. The summed E-state index contributed by atoms with van der Waals surface area (Å²) in [4.78, 5) is 25.6. The van der Waals surface area contributed by atoms with Crippen LogP contribution in [0.3, 0.4) is 0 Å². The third-order valence-electron chi connectivity index (χ3n) is 12.1. The summed E-state index contributed by atoms with van der Waals surface area (Å²) in [5.74, 6) is 1.63. The van der Waals surface area contributed by atoms with Crippen LogP contribution in [-0.4, -0.2) is 34.9 Å². The average Bonchev–Trinajstić information content (AvgIpc) is 3.25. The molecule has 4 fully saturated rings. The van der Waals surface area contributed by atoms with Gasteiger partial charge >= 0.3 is 11.9 Å². The summed E-state index contributed by atoms with van der Waals surface area (Å²) in [6, 6.07) is 18.4. The number of benzene rings is 2. The van der Waals surface area contributed by atoms with E-state index in [-0.39, 0.29) is 28.9 Å². The highest BCUT2D eigenvalue weighted by molar-refractivity contribution is 5.89. The lowest BCUT2D eigenvalue weighted by Gasteiger charge is -2.62. The van der Waals surface area contributed by atoms with Crippen LogP contribution in [0, 0.1) is 34.5 Å². The molecule has 4 aliphatic rings. The maximum atomic E-state index is 12.9. The Morgan fingerprint density at radius 2 is 1.43 bits per heavy atom. The number of hydrogen-bond donors (Lipinski definition) is 1. The molecule has 4 aliphatic carbocycles. The Kier molecular flexibility index (Phi) is 7.09. The molecule has 5 heteroatoms. The monoisotopic (exact) mass is 544 g/mol. The zero-order valence-corrected chi connectivity index (χ0v) is 24.2. The van der Waals surface area contributed by atoms with Crippen LogP contribution in [0.2, 0.25) is 0 Å². The molecular formula is C35H44O5. The van der Waals surface area contributed by atoms with Crippen molar-refractivity contribution in [1.82, 2.24) is 0 Å². The first-order valence-electron chi connectivity index (χ1n) is 15.4. The van der Waals surface area contributed by atoms with Crippen LogP contribution in [0.1, 0.15) is 99.3 Å². The van der Waals surface area contributed by atoms with Crippen molar-refractivity contribution < 1.29 is 24.2 Å². The Morgan fingerprint density at radius 1 is 0.800 bits per heavy atom. The van der Waals surface area contributed by atoms with E-state index in [4.69, 9.17) is 9.47 Å². The maximum absolute atomic E-state index is 12.9. The second-order valence-corrected chi connectivity index (χ2v) is 13.7. The van der Waals surface area contributed by atoms with Crippen molar-refractivity contribution in [1.29, 1.82) is 0 Å². The molecule has 2 aromatic carbocycles. The van der Waals surface area contributed by atoms with Crippen LogP contribution in [0.15, 0.2) is 60.7 Å². The normalized spacial score (nSPS) is 39.2. The van der Waals surface area contributed by atoms with Gasteiger partial charge in [0.25, 0.3) is 0 Å². The molecule has 0 saturated heterocycles. The molecule has 40 heavy (non-hydrogen) atoms. The van der Waals surface area contributed by atoms with Crippen molar-refractivity contribution in [2.75, 3.05) is 0 Å². The fourth-order valence-corrected chi connectivity index (χ4v) is 9.74. The molecule has 0 heterocycles. The molecule has 0 amide bonds. The van der Waals surface area contributed by atoms with E-state index in [2.05, 4.69) is 13.8 Å². The van der Waals surface area contributed by atoms with Crippen molar-refractivity contribution >= 4 is 11.9 Å². The summed E-state index contributed by atoms with van der Waals surface area (Å²) >= 11 is 0. The SMILES string of the molecule is C[C@@H](OC(=O)c1ccccc1)[C@]1(O)CC[C@H]2[C@@H]3CC[C@H]4C[C@@H](OC(=O)c5ccccc5)CC[C@]4(C)[C@H]3CC[C@@]21C. The first-order chi connectivity index (χ1) is 19.2. The fourth-order valence-electron chi connectivity index (χ4n) is 9.74. The predicted molar refractivity (Wildman–Crippen MR) is 154 cm³/mol. The van der Waals surface area contributed by atoms with E-state index < -0.39 is 11.7 Å². The lowest BCUT2D eigenvalue weighted by molar-refractivity contribution is -0.187. The molecule has 0 aliphatic heterocycles. The van der Waals surface area contributed by atoms with Gasteiger partial charge in [0.1, 0.15) is 17.8 Å². The van der Waals surface area contributed by atoms with Gasteiger partial charge in [0.15, 0.2) is 0 Å². The van der Waals surface area contributed by atoms with Crippen molar-refractivity contribution in [2.45, 2.75) is 96.4 Å². The van der Waals surface area contributed by atoms with Crippen molar-refractivity contribution in [3.63, 3.8) is 0 Å². The Balaban J connectivity index is 1.14. The van der Waals surface area contributed by atoms with Crippen LogP contribution in [-0.2, 0) is 9.47 Å². The van der Waals surface area contributed by atoms with Gasteiger partial charge in [-0.3, -0.25) is 0 Å². The predicted octanol–water partition coefficient (Wildman–Crippen LogP) is 7.23. The lowest BCUT2D eigenvalue weighted by atomic mass is 9.44. The van der Waals surface area contributed by atoms with Crippen LogP contribution in [0.4, 0.5) is 0 Å². The zero-order chi connectivity index (χ0) is 28.1. The molecule has 0 spiro atoms. The summed E-state index contributed by atoms with van der Waals surface area (Å²) in [5, 5.41) is 12.2. The van der Waals surface area contributed by atoms with E-state index in [1.807, 2.05) is 55.5 Å². The molecule has 4 saturated carbocycles. The van der Waals surface area contributed by atoms with Gasteiger partial charge in [-0.1, -0.05) is 50.2 Å². The highest BCUT2D eigenvalue weighted by atomic mass is 16.6. The van der Waals surface area contributed by atoms with E-state index in [0.29, 0.717) is 41.2 Å². The average molecular weight is 545 g/mol. The summed E-state index contributed by atoms with van der Waals surface area (Å²) in [7, 11) is 0. The van der Waals surface area contributed by atoms with E-state index in [9.17, 15) is 14.7 Å². The Hall–Kier alpha value is -2.66. The first kappa shape index (κ1) is 27.5. The van der Waals surface area contributed by atoms with E-state index in [1.54, 1.807) is 12.1 Å². The zero-order valence-electron chi connectivity index (χ0n) is 24.2. The van der Waals surface area contributed by atoms with Gasteiger partial charge in [0.05, 0.1) is 11.1 Å². The molecule has 0 bridgehead atoms. The van der Waals surface area contributed by atoms with Crippen molar-refractivity contribution in [2.24, 2.45) is 34.5 Å². The Labute approximate surface area is 238 Å². The van der Waals surface area contributed by atoms with Crippen LogP contribution in [0.25, 0.3) is 0 Å². The Bertz CT molecular complexity index is 1230. The lowest BCUT2D eigenvalue weighted by Crippen LogP contribution is -2.60. The molecule has 2 aromatic rings. The highest BCUT2D eigenvalue weighted by Crippen LogP contribution is 2.69. The summed E-state index contributed by atoms with van der Waals surface area (Å²) in [6.07, 6.45) is 8.44. The quantitative estimate of drug-likeness (QED) is 0.402. The second kappa shape index (κ2) is 10.3. The van der Waals surface area contributed by atoms with Gasteiger partial charge in [-0.05, 0) is 118 Å². The number of esters is 2. The van der Waals surface area contributed by atoms with Gasteiger partial charge < -0.3 is 14.6 Å². The van der Waals surface area contributed by atoms with E-state index in [1.165, 1.54) is 6.42 Å².